The molecule has 0 spiro atoms. The van der Waals surface area contributed by atoms with Crippen LogP contribution in [0, 0.1) is 6.92 Å². The van der Waals surface area contributed by atoms with E-state index in [2.05, 4.69) is 24.3 Å². The van der Waals surface area contributed by atoms with Crippen molar-refractivity contribution >= 4 is 5.78 Å². The summed E-state index contributed by atoms with van der Waals surface area (Å²) in [5, 5.41) is 0. The first-order chi connectivity index (χ1) is 10.8. The van der Waals surface area contributed by atoms with Gasteiger partial charge >= 0.3 is 0 Å². The van der Waals surface area contributed by atoms with Crippen LogP contribution in [0.15, 0.2) is 72.8 Å². The van der Waals surface area contributed by atoms with Gasteiger partial charge in [-0.3, -0.25) is 4.79 Å². The van der Waals surface area contributed by atoms with Crippen molar-refractivity contribution in [1.29, 1.82) is 0 Å². The lowest BCUT2D eigenvalue weighted by Crippen LogP contribution is -2.12. The Morgan fingerprint density at radius 3 is 1.77 bits per heavy atom. The van der Waals surface area contributed by atoms with Crippen LogP contribution < -0.4 is 0 Å². The summed E-state index contributed by atoms with van der Waals surface area (Å²) < 4.78 is 0. The van der Waals surface area contributed by atoms with Crippen LogP contribution in [0.2, 0.25) is 0 Å². The smallest absolute Gasteiger partial charge is 0.174 e. The van der Waals surface area contributed by atoms with E-state index in [4.69, 9.17) is 0 Å². The van der Waals surface area contributed by atoms with E-state index in [1.807, 2.05) is 55.5 Å². The van der Waals surface area contributed by atoms with Gasteiger partial charge in [-0.1, -0.05) is 78.4 Å². The van der Waals surface area contributed by atoms with Crippen molar-refractivity contribution in [2.45, 2.75) is 12.8 Å². The fourth-order valence-electron chi connectivity index (χ4n) is 3.32. The molecule has 0 atom stereocenters. The highest BCUT2D eigenvalue weighted by molar-refractivity contribution is 6.07. The molecular formula is C21H16O. The highest BCUT2D eigenvalue weighted by Crippen LogP contribution is 2.45. The van der Waals surface area contributed by atoms with Crippen LogP contribution in [-0.4, -0.2) is 5.78 Å². The Morgan fingerprint density at radius 1 is 0.727 bits per heavy atom. The standard InChI is InChI=1S/C21H16O/c1-14-10-12-15(13-11-14)21(22)20-18-8-4-2-6-16(18)17-7-3-5-9-19(17)20/h2-13,20H,1H3. The molecule has 106 valence electrons. The zero-order chi connectivity index (χ0) is 15.1. The first-order valence-electron chi connectivity index (χ1n) is 7.55. The molecule has 0 saturated heterocycles. The highest BCUT2D eigenvalue weighted by Gasteiger charge is 2.33. The Kier molecular flexibility index (Phi) is 2.93. The molecule has 0 fully saturated rings. The van der Waals surface area contributed by atoms with E-state index in [9.17, 15) is 4.79 Å². The maximum absolute atomic E-state index is 13.1. The second-order valence-electron chi connectivity index (χ2n) is 5.84. The number of hydrogen-bond acceptors (Lipinski definition) is 1. The first kappa shape index (κ1) is 13.0. The fourth-order valence-corrected chi connectivity index (χ4v) is 3.32. The van der Waals surface area contributed by atoms with Crippen LogP contribution >= 0.6 is 0 Å². The van der Waals surface area contributed by atoms with Gasteiger partial charge in [-0.25, -0.2) is 0 Å². The van der Waals surface area contributed by atoms with Gasteiger partial charge < -0.3 is 0 Å². The number of carbonyl (C=O) groups is 1. The fraction of sp³-hybridized carbons (Fsp3) is 0.0952. The van der Waals surface area contributed by atoms with Gasteiger partial charge in [0.2, 0.25) is 0 Å². The summed E-state index contributed by atoms with van der Waals surface area (Å²) in [4.78, 5) is 13.1. The summed E-state index contributed by atoms with van der Waals surface area (Å²) >= 11 is 0. The van der Waals surface area contributed by atoms with Gasteiger partial charge in [0.05, 0.1) is 5.92 Å². The van der Waals surface area contributed by atoms with Crippen molar-refractivity contribution < 1.29 is 4.79 Å². The number of ketones is 1. The largest absolute Gasteiger partial charge is 0.293 e. The van der Waals surface area contributed by atoms with Crippen LogP contribution in [0.25, 0.3) is 11.1 Å². The number of fused-ring (bicyclic) bond motifs is 3. The second kappa shape index (κ2) is 4.96. The number of hydrogen-bond donors (Lipinski definition) is 0. The lowest BCUT2D eigenvalue weighted by atomic mass is 9.88. The predicted molar refractivity (Wildman–Crippen MR) is 89.2 cm³/mol. The Bertz CT molecular complexity index is 814. The summed E-state index contributed by atoms with van der Waals surface area (Å²) in [6.07, 6.45) is 0. The van der Waals surface area contributed by atoms with Crippen LogP contribution in [0.3, 0.4) is 0 Å². The van der Waals surface area contributed by atoms with Crippen molar-refractivity contribution in [2.24, 2.45) is 0 Å². The van der Waals surface area contributed by atoms with Gasteiger partial charge in [0.15, 0.2) is 5.78 Å². The third kappa shape index (κ3) is 1.90. The molecule has 3 aromatic carbocycles. The molecule has 1 aliphatic rings. The van der Waals surface area contributed by atoms with E-state index in [-0.39, 0.29) is 11.7 Å². The second-order valence-corrected chi connectivity index (χ2v) is 5.84. The zero-order valence-electron chi connectivity index (χ0n) is 12.4. The van der Waals surface area contributed by atoms with Crippen LogP contribution in [0.4, 0.5) is 0 Å². The van der Waals surface area contributed by atoms with Gasteiger partial charge in [-0.2, -0.15) is 0 Å². The minimum absolute atomic E-state index is 0.178. The Hall–Kier alpha value is -2.67. The predicted octanol–water partition coefficient (Wildman–Crippen LogP) is 4.99. The Labute approximate surface area is 130 Å². The maximum atomic E-state index is 13.1. The lowest BCUT2D eigenvalue weighted by molar-refractivity contribution is 0.0975. The van der Waals surface area contributed by atoms with Gasteiger partial charge in [0, 0.05) is 5.56 Å². The lowest BCUT2D eigenvalue weighted by Gasteiger charge is -2.12. The molecule has 0 saturated carbocycles. The molecule has 0 N–H and O–H groups in total. The minimum Gasteiger partial charge on any atom is -0.293 e. The highest BCUT2D eigenvalue weighted by atomic mass is 16.1. The van der Waals surface area contributed by atoms with Crippen molar-refractivity contribution in [3.8, 4) is 11.1 Å². The molecule has 0 heterocycles. The van der Waals surface area contributed by atoms with Gasteiger partial charge in [-0.15, -0.1) is 0 Å². The van der Waals surface area contributed by atoms with E-state index >= 15 is 0 Å². The zero-order valence-corrected chi connectivity index (χ0v) is 12.4. The van der Waals surface area contributed by atoms with Crippen molar-refractivity contribution in [3.05, 3.63) is 95.1 Å². The summed E-state index contributed by atoms with van der Waals surface area (Å²) in [6, 6.07) is 24.3. The Balaban J connectivity index is 1.88. The van der Waals surface area contributed by atoms with E-state index in [0.29, 0.717) is 0 Å². The van der Waals surface area contributed by atoms with Crippen LogP contribution in [0.1, 0.15) is 33.0 Å². The summed E-state index contributed by atoms with van der Waals surface area (Å²) in [7, 11) is 0. The Morgan fingerprint density at radius 2 is 1.23 bits per heavy atom. The van der Waals surface area contributed by atoms with E-state index in [0.717, 1.165) is 16.7 Å². The molecule has 0 radical (unpaired) electrons. The van der Waals surface area contributed by atoms with Crippen molar-refractivity contribution in [1.82, 2.24) is 0 Å². The van der Waals surface area contributed by atoms with Gasteiger partial charge in [0.1, 0.15) is 0 Å². The van der Waals surface area contributed by atoms with Crippen LogP contribution in [-0.2, 0) is 0 Å². The molecular weight excluding hydrogens is 268 g/mol. The molecule has 0 unspecified atom stereocenters. The molecule has 22 heavy (non-hydrogen) atoms. The molecule has 0 aromatic heterocycles. The molecule has 1 aliphatic carbocycles. The third-order valence-corrected chi connectivity index (χ3v) is 4.43. The first-order valence-corrected chi connectivity index (χ1v) is 7.55. The number of aryl methyl sites for hydroxylation is 1. The quantitative estimate of drug-likeness (QED) is 0.606. The van der Waals surface area contributed by atoms with Gasteiger partial charge in [-0.05, 0) is 29.2 Å². The van der Waals surface area contributed by atoms with Crippen LogP contribution in [0.5, 0.6) is 0 Å². The van der Waals surface area contributed by atoms with Crippen molar-refractivity contribution in [3.63, 3.8) is 0 Å². The number of Topliss-reactive ketones (excluding diaryl/α,β-unsaturated/α-hetero) is 1. The molecule has 1 nitrogen and oxygen atoms in total. The number of rotatable bonds is 2. The number of carbonyl (C=O) groups excluding carboxylic acids is 1. The molecule has 3 aromatic rings. The number of benzene rings is 3. The summed E-state index contributed by atoms with van der Waals surface area (Å²) in [5.41, 5.74) is 6.56. The molecule has 4 rings (SSSR count). The van der Waals surface area contributed by atoms with E-state index < -0.39 is 0 Å². The molecule has 0 amide bonds. The summed E-state index contributed by atoms with van der Waals surface area (Å²) in [5.74, 6) is -0.00694. The molecule has 1 heteroatoms. The average Bonchev–Trinajstić information content (AvgIpc) is 2.89. The molecule has 0 bridgehead atoms. The monoisotopic (exact) mass is 284 g/mol. The van der Waals surface area contributed by atoms with Gasteiger partial charge in [0.25, 0.3) is 0 Å². The average molecular weight is 284 g/mol. The van der Waals surface area contributed by atoms with E-state index in [1.165, 1.54) is 16.7 Å². The molecule has 0 aliphatic heterocycles. The normalized spacial score (nSPS) is 12.8. The SMILES string of the molecule is Cc1ccc(C(=O)C2c3ccccc3-c3ccccc32)cc1. The minimum atomic E-state index is -0.185. The maximum Gasteiger partial charge on any atom is 0.174 e. The topological polar surface area (TPSA) is 17.1 Å². The summed E-state index contributed by atoms with van der Waals surface area (Å²) in [6.45, 7) is 2.04. The van der Waals surface area contributed by atoms with E-state index in [1.54, 1.807) is 0 Å². The van der Waals surface area contributed by atoms with Crippen molar-refractivity contribution in [2.75, 3.05) is 0 Å². The third-order valence-electron chi connectivity index (χ3n) is 4.43.